The third kappa shape index (κ3) is 2.10. The van der Waals surface area contributed by atoms with Gasteiger partial charge < -0.3 is 10.2 Å². The van der Waals surface area contributed by atoms with E-state index in [1.54, 1.807) is 0 Å². The largest absolute Gasteiger partial charge is 0.481 e. The maximum Gasteiger partial charge on any atom is 0.303 e. The monoisotopic (exact) mass is 226 g/mol. The molecule has 2 unspecified atom stereocenters. The molecule has 0 spiro atoms. The minimum absolute atomic E-state index is 0.313. The van der Waals surface area contributed by atoms with Crippen LogP contribution in [0.3, 0.4) is 0 Å². The minimum Gasteiger partial charge on any atom is -0.481 e. The molecule has 0 amide bonds. The van der Waals surface area contributed by atoms with Crippen LogP contribution in [0.2, 0.25) is 0 Å². The van der Waals surface area contributed by atoms with Gasteiger partial charge in [0.25, 0.3) is 0 Å². The lowest BCUT2D eigenvalue weighted by Gasteiger charge is -2.28. The molecule has 0 saturated heterocycles. The number of carboxylic acid groups (broad SMARTS) is 1. The first kappa shape index (κ1) is 11.9. The highest BCUT2D eigenvalue weighted by Gasteiger charge is 2.49. The van der Waals surface area contributed by atoms with Crippen molar-refractivity contribution in [2.24, 2.45) is 23.7 Å². The van der Waals surface area contributed by atoms with Crippen LogP contribution < -0.4 is 0 Å². The lowest BCUT2D eigenvalue weighted by Crippen LogP contribution is -2.32. The normalized spacial score (nSPS) is 42.6. The SMILES string of the molecule is CC(C)C1(O)C[C@H]2CC(CC(=O)O)C[C@H]2C1. The maximum absolute atomic E-state index is 10.7. The second-order valence-electron chi connectivity index (χ2n) is 6.12. The molecule has 0 aromatic rings. The van der Waals surface area contributed by atoms with Gasteiger partial charge in [-0.25, -0.2) is 0 Å². The highest BCUT2D eigenvalue weighted by molar-refractivity contribution is 5.67. The summed E-state index contributed by atoms with van der Waals surface area (Å²) in [5.41, 5.74) is -0.483. The Labute approximate surface area is 96.9 Å². The zero-order valence-electron chi connectivity index (χ0n) is 10.1. The van der Waals surface area contributed by atoms with E-state index in [-0.39, 0.29) is 0 Å². The molecule has 2 aliphatic carbocycles. The highest BCUT2D eigenvalue weighted by Crippen LogP contribution is 2.53. The zero-order chi connectivity index (χ0) is 11.9. The van der Waals surface area contributed by atoms with Crippen LogP contribution >= 0.6 is 0 Å². The van der Waals surface area contributed by atoms with Crippen molar-refractivity contribution < 1.29 is 15.0 Å². The van der Waals surface area contributed by atoms with E-state index < -0.39 is 11.6 Å². The highest BCUT2D eigenvalue weighted by atomic mass is 16.4. The molecular weight excluding hydrogens is 204 g/mol. The van der Waals surface area contributed by atoms with Crippen LogP contribution in [0.25, 0.3) is 0 Å². The van der Waals surface area contributed by atoms with Crippen molar-refractivity contribution in [1.29, 1.82) is 0 Å². The average molecular weight is 226 g/mol. The summed E-state index contributed by atoms with van der Waals surface area (Å²) in [6.07, 6.45) is 4.09. The first-order valence-electron chi connectivity index (χ1n) is 6.35. The molecule has 2 N–H and O–H groups in total. The number of hydrogen-bond acceptors (Lipinski definition) is 2. The van der Waals surface area contributed by atoms with Crippen LogP contribution in [0, 0.1) is 23.7 Å². The molecule has 0 aromatic carbocycles. The fourth-order valence-corrected chi connectivity index (χ4v) is 3.71. The number of fused-ring (bicyclic) bond motifs is 1. The predicted octanol–water partition coefficient (Wildman–Crippen LogP) is 2.28. The average Bonchev–Trinajstić information content (AvgIpc) is 2.57. The van der Waals surface area contributed by atoms with Crippen LogP contribution in [0.5, 0.6) is 0 Å². The fourth-order valence-electron chi connectivity index (χ4n) is 3.71. The molecule has 16 heavy (non-hydrogen) atoms. The van der Waals surface area contributed by atoms with Gasteiger partial charge in [0.15, 0.2) is 0 Å². The van der Waals surface area contributed by atoms with Gasteiger partial charge in [-0.05, 0) is 49.4 Å². The van der Waals surface area contributed by atoms with Crippen LogP contribution in [0.1, 0.15) is 46.0 Å². The van der Waals surface area contributed by atoms with Gasteiger partial charge in [-0.2, -0.15) is 0 Å². The second-order valence-corrected chi connectivity index (χ2v) is 6.12. The number of carboxylic acids is 1. The molecule has 0 aromatic heterocycles. The summed E-state index contributed by atoms with van der Waals surface area (Å²) in [4.78, 5) is 10.7. The van der Waals surface area contributed by atoms with Gasteiger partial charge in [-0.15, -0.1) is 0 Å². The molecule has 2 rings (SSSR count). The molecule has 92 valence electrons. The van der Waals surface area contributed by atoms with Crippen molar-refractivity contribution in [3.05, 3.63) is 0 Å². The molecular formula is C13H22O3. The Balaban J connectivity index is 1.93. The van der Waals surface area contributed by atoms with Gasteiger partial charge in [0.1, 0.15) is 0 Å². The van der Waals surface area contributed by atoms with E-state index in [0.29, 0.717) is 30.1 Å². The van der Waals surface area contributed by atoms with E-state index in [0.717, 1.165) is 25.7 Å². The third-order valence-electron chi connectivity index (χ3n) is 4.71. The summed E-state index contributed by atoms with van der Waals surface area (Å²) >= 11 is 0. The van der Waals surface area contributed by atoms with Crippen molar-refractivity contribution in [1.82, 2.24) is 0 Å². The van der Waals surface area contributed by atoms with Crippen molar-refractivity contribution in [3.8, 4) is 0 Å². The third-order valence-corrected chi connectivity index (χ3v) is 4.71. The standard InChI is InChI=1S/C13H22O3/c1-8(2)13(16)6-10-3-9(5-12(14)15)4-11(10)7-13/h8-11,16H,3-7H2,1-2H3,(H,14,15)/t9?,10-,11+,13?. The van der Waals surface area contributed by atoms with Gasteiger partial charge in [0, 0.05) is 6.42 Å². The Morgan fingerprint density at radius 1 is 1.31 bits per heavy atom. The van der Waals surface area contributed by atoms with Gasteiger partial charge in [0.2, 0.25) is 0 Å². The minimum atomic E-state index is -0.677. The van der Waals surface area contributed by atoms with E-state index in [4.69, 9.17) is 5.11 Å². The van der Waals surface area contributed by atoms with E-state index in [1.165, 1.54) is 0 Å². The first-order valence-corrected chi connectivity index (χ1v) is 6.35. The summed E-state index contributed by atoms with van der Waals surface area (Å²) in [6, 6.07) is 0. The Bertz CT molecular complexity index is 271. The summed E-state index contributed by atoms with van der Waals surface area (Å²) in [6.45, 7) is 4.16. The van der Waals surface area contributed by atoms with Gasteiger partial charge in [-0.3, -0.25) is 4.79 Å². The molecule has 0 aliphatic heterocycles. The van der Waals surface area contributed by atoms with Crippen molar-refractivity contribution >= 4 is 5.97 Å². The van der Waals surface area contributed by atoms with Crippen molar-refractivity contribution in [3.63, 3.8) is 0 Å². The molecule has 0 bridgehead atoms. The predicted molar refractivity (Wildman–Crippen MR) is 61.0 cm³/mol. The van der Waals surface area contributed by atoms with Gasteiger partial charge >= 0.3 is 5.97 Å². The van der Waals surface area contributed by atoms with Gasteiger partial charge in [-0.1, -0.05) is 13.8 Å². The van der Waals surface area contributed by atoms with Gasteiger partial charge in [0.05, 0.1) is 5.60 Å². The Kier molecular flexibility index (Phi) is 2.99. The van der Waals surface area contributed by atoms with E-state index in [2.05, 4.69) is 13.8 Å². The Morgan fingerprint density at radius 2 is 1.81 bits per heavy atom. The fraction of sp³-hybridized carbons (Fsp3) is 0.923. The summed E-state index contributed by atoms with van der Waals surface area (Å²) in [7, 11) is 0. The van der Waals surface area contributed by atoms with Crippen LogP contribution in [0.15, 0.2) is 0 Å². The molecule has 2 fully saturated rings. The quantitative estimate of drug-likeness (QED) is 0.776. The molecule has 2 saturated carbocycles. The maximum atomic E-state index is 10.7. The lowest BCUT2D eigenvalue weighted by molar-refractivity contribution is -0.138. The molecule has 4 atom stereocenters. The molecule has 3 heteroatoms. The number of rotatable bonds is 3. The Hall–Kier alpha value is -0.570. The molecule has 0 heterocycles. The number of aliphatic hydroxyl groups is 1. The second kappa shape index (κ2) is 4.02. The van der Waals surface area contributed by atoms with E-state index in [1.807, 2.05) is 0 Å². The number of aliphatic carboxylic acids is 1. The number of hydrogen-bond donors (Lipinski definition) is 2. The van der Waals surface area contributed by atoms with Crippen molar-refractivity contribution in [2.45, 2.75) is 51.6 Å². The molecule has 3 nitrogen and oxygen atoms in total. The molecule has 0 radical (unpaired) electrons. The summed E-state index contributed by atoms with van der Waals surface area (Å²) in [5.74, 6) is 1.12. The zero-order valence-corrected chi connectivity index (χ0v) is 10.1. The first-order chi connectivity index (χ1) is 7.40. The van der Waals surface area contributed by atoms with Crippen LogP contribution in [0.4, 0.5) is 0 Å². The number of carbonyl (C=O) groups is 1. The van der Waals surface area contributed by atoms with Crippen LogP contribution in [-0.2, 0) is 4.79 Å². The summed E-state index contributed by atoms with van der Waals surface area (Å²) in [5, 5.41) is 19.2. The van der Waals surface area contributed by atoms with E-state index >= 15 is 0 Å². The smallest absolute Gasteiger partial charge is 0.303 e. The van der Waals surface area contributed by atoms with Crippen LogP contribution in [-0.4, -0.2) is 21.8 Å². The molecule has 2 aliphatic rings. The topological polar surface area (TPSA) is 57.5 Å². The van der Waals surface area contributed by atoms with Crippen molar-refractivity contribution in [2.75, 3.05) is 0 Å². The lowest BCUT2D eigenvalue weighted by atomic mass is 9.85. The Morgan fingerprint density at radius 3 is 2.19 bits per heavy atom. The summed E-state index contributed by atoms with van der Waals surface area (Å²) < 4.78 is 0. The van der Waals surface area contributed by atoms with E-state index in [9.17, 15) is 9.90 Å².